The van der Waals surface area contributed by atoms with Crippen LogP contribution in [0, 0.1) is 12.8 Å². The van der Waals surface area contributed by atoms with Crippen LogP contribution in [0.3, 0.4) is 0 Å². The normalized spacial score (nSPS) is 19.5. The Balaban J connectivity index is 0.00000261. The van der Waals surface area contributed by atoms with Crippen molar-refractivity contribution in [1.82, 2.24) is 24.9 Å². The van der Waals surface area contributed by atoms with Crippen LogP contribution >= 0.6 is 12.4 Å². The molecule has 148 valence electrons. The van der Waals surface area contributed by atoms with Gasteiger partial charge in [0.25, 0.3) is 5.91 Å². The van der Waals surface area contributed by atoms with E-state index in [1.807, 2.05) is 18.7 Å². The summed E-state index contributed by atoms with van der Waals surface area (Å²) in [7, 11) is 0. The van der Waals surface area contributed by atoms with Crippen molar-refractivity contribution in [3.63, 3.8) is 0 Å². The van der Waals surface area contributed by atoms with Crippen molar-refractivity contribution in [3.8, 4) is 11.7 Å². The van der Waals surface area contributed by atoms with E-state index in [0.29, 0.717) is 36.3 Å². The second-order valence-electron chi connectivity index (χ2n) is 6.74. The first-order valence-corrected chi connectivity index (χ1v) is 9.07. The van der Waals surface area contributed by atoms with E-state index in [1.54, 1.807) is 23.0 Å². The van der Waals surface area contributed by atoms with Crippen molar-refractivity contribution in [2.45, 2.75) is 39.7 Å². The van der Waals surface area contributed by atoms with Gasteiger partial charge in [-0.05, 0) is 38.7 Å². The number of carbonyl (C=O) groups excluding carboxylic acids is 1. The minimum Gasteiger partial charge on any atom is -0.477 e. The lowest BCUT2D eigenvalue weighted by atomic mass is 9.92. The van der Waals surface area contributed by atoms with Crippen molar-refractivity contribution in [2.75, 3.05) is 19.7 Å². The van der Waals surface area contributed by atoms with Crippen molar-refractivity contribution in [1.29, 1.82) is 0 Å². The molecule has 0 aliphatic carbocycles. The van der Waals surface area contributed by atoms with E-state index in [-0.39, 0.29) is 24.4 Å². The second kappa shape index (κ2) is 9.14. The average Bonchev–Trinajstić information content (AvgIpc) is 3.03. The Morgan fingerprint density at radius 1 is 1.37 bits per heavy atom. The summed E-state index contributed by atoms with van der Waals surface area (Å²) in [5, 5.41) is 12.5. The summed E-state index contributed by atoms with van der Waals surface area (Å²) in [6.07, 6.45) is 3.54. The first-order chi connectivity index (χ1) is 12.5. The second-order valence-corrected chi connectivity index (χ2v) is 6.74. The predicted octanol–water partition coefficient (Wildman–Crippen LogP) is 1.99. The lowest BCUT2D eigenvalue weighted by Crippen LogP contribution is -2.49. The van der Waals surface area contributed by atoms with E-state index >= 15 is 0 Å². The number of carbonyl (C=O) groups is 1. The smallest absolute Gasteiger partial charge is 0.257 e. The summed E-state index contributed by atoms with van der Waals surface area (Å²) >= 11 is 0. The molecule has 1 fully saturated rings. The highest BCUT2D eigenvalue weighted by atomic mass is 35.5. The first kappa shape index (κ1) is 21.1. The largest absolute Gasteiger partial charge is 0.477 e. The van der Waals surface area contributed by atoms with Gasteiger partial charge in [0, 0.05) is 25.2 Å². The van der Waals surface area contributed by atoms with Gasteiger partial charge in [-0.25, -0.2) is 4.68 Å². The Morgan fingerprint density at radius 3 is 2.78 bits per heavy atom. The monoisotopic (exact) mass is 394 g/mol. The number of nitrogens with zero attached hydrogens (tertiary/aromatic N) is 5. The SMILES string of the molecule is CCOc1ccc(-n2ncc(C(=O)N3CCC(C)CC3CN)c2C)nn1.Cl. The van der Waals surface area contributed by atoms with E-state index in [9.17, 15) is 4.79 Å². The first-order valence-electron chi connectivity index (χ1n) is 9.07. The average molecular weight is 395 g/mol. The maximum absolute atomic E-state index is 13.0. The fraction of sp³-hybridized carbons (Fsp3) is 0.556. The molecule has 27 heavy (non-hydrogen) atoms. The summed E-state index contributed by atoms with van der Waals surface area (Å²) in [5.74, 6) is 1.59. The van der Waals surface area contributed by atoms with Crippen LogP contribution in [-0.2, 0) is 0 Å². The van der Waals surface area contributed by atoms with E-state index in [4.69, 9.17) is 10.5 Å². The summed E-state index contributed by atoms with van der Waals surface area (Å²) in [6.45, 7) is 7.70. The van der Waals surface area contributed by atoms with E-state index in [0.717, 1.165) is 25.1 Å². The van der Waals surface area contributed by atoms with Crippen molar-refractivity contribution in [2.24, 2.45) is 11.7 Å². The van der Waals surface area contributed by atoms with E-state index in [2.05, 4.69) is 22.2 Å². The molecular weight excluding hydrogens is 368 g/mol. The summed E-state index contributed by atoms with van der Waals surface area (Å²) < 4.78 is 6.93. The number of rotatable bonds is 5. The molecule has 2 atom stereocenters. The van der Waals surface area contributed by atoms with Gasteiger partial charge < -0.3 is 15.4 Å². The zero-order valence-corrected chi connectivity index (χ0v) is 16.8. The molecule has 0 radical (unpaired) electrons. The Kier molecular flexibility index (Phi) is 7.15. The van der Waals surface area contributed by atoms with Gasteiger partial charge >= 0.3 is 0 Å². The number of hydrogen-bond acceptors (Lipinski definition) is 6. The molecule has 2 aromatic rings. The molecule has 3 heterocycles. The lowest BCUT2D eigenvalue weighted by molar-refractivity contribution is 0.0573. The molecule has 9 heteroatoms. The van der Waals surface area contributed by atoms with Crippen LogP contribution in [0.5, 0.6) is 5.88 Å². The molecule has 2 aromatic heterocycles. The molecule has 1 aliphatic rings. The fourth-order valence-corrected chi connectivity index (χ4v) is 3.40. The zero-order valence-electron chi connectivity index (χ0n) is 16.0. The van der Waals surface area contributed by atoms with Crippen molar-refractivity contribution in [3.05, 3.63) is 29.6 Å². The molecule has 8 nitrogen and oxygen atoms in total. The number of hydrogen-bond donors (Lipinski definition) is 1. The van der Waals surface area contributed by atoms with E-state index in [1.165, 1.54) is 0 Å². The van der Waals surface area contributed by atoms with Gasteiger partial charge in [0.2, 0.25) is 5.88 Å². The Bertz CT molecular complexity index is 764. The number of likely N-dealkylation sites (tertiary alicyclic amines) is 1. The molecule has 0 saturated carbocycles. The number of piperidine rings is 1. The van der Waals surface area contributed by atoms with Crippen LogP contribution in [0.4, 0.5) is 0 Å². The summed E-state index contributed by atoms with van der Waals surface area (Å²) in [5.41, 5.74) is 7.22. The van der Waals surface area contributed by atoms with Crippen LogP contribution in [0.1, 0.15) is 42.7 Å². The van der Waals surface area contributed by atoms with Gasteiger partial charge in [-0.1, -0.05) is 6.92 Å². The van der Waals surface area contributed by atoms with Crippen molar-refractivity contribution >= 4 is 18.3 Å². The van der Waals surface area contributed by atoms with Crippen LogP contribution in [0.15, 0.2) is 18.3 Å². The molecule has 1 amide bonds. The molecule has 3 rings (SSSR count). The highest BCUT2D eigenvalue weighted by Crippen LogP contribution is 2.25. The van der Waals surface area contributed by atoms with Gasteiger partial charge in [0.15, 0.2) is 5.82 Å². The van der Waals surface area contributed by atoms with Gasteiger partial charge in [-0.2, -0.15) is 5.10 Å². The van der Waals surface area contributed by atoms with Gasteiger partial charge in [-0.15, -0.1) is 22.6 Å². The van der Waals surface area contributed by atoms with Crippen LogP contribution in [-0.4, -0.2) is 56.5 Å². The maximum atomic E-state index is 13.0. The quantitative estimate of drug-likeness (QED) is 0.832. The molecule has 0 spiro atoms. The molecule has 2 N–H and O–H groups in total. The maximum Gasteiger partial charge on any atom is 0.257 e. The lowest BCUT2D eigenvalue weighted by Gasteiger charge is -2.37. The molecule has 1 aliphatic heterocycles. The van der Waals surface area contributed by atoms with Gasteiger partial charge in [0.1, 0.15) is 0 Å². The number of halogens is 1. The predicted molar refractivity (Wildman–Crippen MR) is 105 cm³/mol. The third-order valence-corrected chi connectivity index (χ3v) is 4.89. The number of nitrogens with two attached hydrogens (primary N) is 1. The standard InChI is InChI=1S/C18H26N6O2.ClH/c1-4-26-17-6-5-16(21-22-17)24-13(3)15(11-20-24)18(25)23-8-7-12(2)9-14(23)10-19;/h5-6,11-12,14H,4,7-10,19H2,1-3H3;1H. The molecule has 0 bridgehead atoms. The molecular formula is C18H27ClN6O2. The van der Waals surface area contributed by atoms with Crippen molar-refractivity contribution < 1.29 is 9.53 Å². The fourth-order valence-electron chi connectivity index (χ4n) is 3.40. The third-order valence-electron chi connectivity index (χ3n) is 4.89. The van der Waals surface area contributed by atoms with Crippen LogP contribution < -0.4 is 10.5 Å². The van der Waals surface area contributed by atoms with Crippen LogP contribution in [0.25, 0.3) is 5.82 Å². The third kappa shape index (κ3) is 4.39. The highest BCUT2D eigenvalue weighted by molar-refractivity contribution is 5.95. The zero-order chi connectivity index (χ0) is 18.7. The number of amides is 1. The Labute approximate surface area is 165 Å². The number of aromatic nitrogens is 4. The topological polar surface area (TPSA) is 99.2 Å². The van der Waals surface area contributed by atoms with Crippen LogP contribution in [0.2, 0.25) is 0 Å². The Morgan fingerprint density at radius 2 is 2.15 bits per heavy atom. The summed E-state index contributed by atoms with van der Waals surface area (Å²) in [4.78, 5) is 14.9. The Hall–Kier alpha value is -2.19. The van der Waals surface area contributed by atoms with Gasteiger partial charge in [-0.3, -0.25) is 4.79 Å². The highest BCUT2D eigenvalue weighted by Gasteiger charge is 2.31. The van der Waals surface area contributed by atoms with E-state index < -0.39 is 0 Å². The minimum atomic E-state index is -0.0185. The number of ether oxygens (including phenoxy) is 1. The van der Waals surface area contributed by atoms with Gasteiger partial charge in [0.05, 0.1) is 24.1 Å². The summed E-state index contributed by atoms with van der Waals surface area (Å²) in [6, 6.07) is 3.60. The minimum absolute atomic E-state index is 0. The molecule has 0 aromatic carbocycles. The molecule has 1 saturated heterocycles. The molecule has 2 unspecified atom stereocenters.